The lowest BCUT2D eigenvalue weighted by Crippen LogP contribution is -2.49. The smallest absolute Gasteiger partial charge is 0.292 e. The quantitative estimate of drug-likeness (QED) is 0.0347. The van der Waals surface area contributed by atoms with E-state index in [4.69, 9.17) is 64.9 Å². The van der Waals surface area contributed by atoms with E-state index in [-0.39, 0.29) is 29.9 Å². The van der Waals surface area contributed by atoms with Crippen LogP contribution in [0.2, 0.25) is 0 Å². The lowest BCUT2D eigenvalue weighted by Gasteiger charge is -2.35. The highest BCUT2D eigenvalue weighted by Crippen LogP contribution is 2.27. The maximum Gasteiger partial charge on any atom is 0.292 e. The zero-order chi connectivity index (χ0) is 42.9. The van der Waals surface area contributed by atoms with Gasteiger partial charge in [0.2, 0.25) is 5.91 Å². The molecule has 1 amide bonds. The average molecular weight is 855 g/mol. The molecule has 1 saturated heterocycles. The Labute approximate surface area is 354 Å². The number of hydrogen-bond donors (Lipinski definition) is 5. The number of carbonyl (C=O) groups excluding carboxylic acids is 1. The molecule has 8 N–H and O–H groups in total. The number of fused-ring (bicyclic) bond motifs is 1. The number of nitrogens with two attached hydrogens (primary N) is 3. The third-order valence-electron chi connectivity index (χ3n) is 9.00. The molecule has 0 saturated carbocycles. The Bertz CT molecular complexity index is 1900. The van der Waals surface area contributed by atoms with Gasteiger partial charge in [0.05, 0.1) is 123 Å². The molecule has 3 aromatic heterocycles. The fourth-order valence-corrected chi connectivity index (χ4v) is 5.92. The molecule has 1 fully saturated rings. The molecule has 22 nitrogen and oxygen atoms in total. The fraction of sp³-hybridized carbons (Fsp3) is 0.564. The van der Waals surface area contributed by atoms with Gasteiger partial charge in [0, 0.05) is 44.4 Å². The van der Waals surface area contributed by atoms with Crippen molar-refractivity contribution in [3.8, 4) is 0 Å². The first-order chi connectivity index (χ1) is 29.9. The van der Waals surface area contributed by atoms with Gasteiger partial charge >= 0.3 is 0 Å². The third-order valence-corrected chi connectivity index (χ3v) is 9.00. The first-order valence-electron chi connectivity index (χ1n) is 20.2. The van der Waals surface area contributed by atoms with E-state index in [1.165, 1.54) is 12.7 Å². The summed E-state index contributed by atoms with van der Waals surface area (Å²) < 4.78 is 49.1. The van der Waals surface area contributed by atoms with E-state index in [9.17, 15) is 4.79 Å². The third kappa shape index (κ3) is 16.3. The van der Waals surface area contributed by atoms with Crippen LogP contribution in [0.25, 0.3) is 11.1 Å². The first-order valence-corrected chi connectivity index (χ1v) is 20.2. The first kappa shape index (κ1) is 46.9. The van der Waals surface area contributed by atoms with E-state index in [1.54, 1.807) is 24.3 Å². The summed E-state index contributed by atoms with van der Waals surface area (Å²) in [6.45, 7) is 10.3. The van der Waals surface area contributed by atoms with Gasteiger partial charge in [-0.1, -0.05) is 0 Å². The number of nitrogens with one attached hydrogen (secondary N) is 2. The van der Waals surface area contributed by atoms with E-state index < -0.39 is 0 Å². The van der Waals surface area contributed by atoms with Gasteiger partial charge in [-0.15, -0.1) is 0 Å². The van der Waals surface area contributed by atoms with Gasteiger partial charge in [-0.25, -0.2) is 19.9 Å². The molecule has 4 aromatic rings. The normalized spacial score (nSPS) is 13.0. The molecule has 0 spiro atoms. The number of amides is 1. The van der Waals surface area contributed by atoms with Gasteiger partial charge in [-0.3, -0.25) is 10.2 Å². The summed E-state index contributed by atoms with van der Waals surface area (Å²) in [6, 6.07) is 6.91. The second-order valence-electron chi connectivity index (χ2n) is 13.3. The van der Waals surface area contributed by atoms with Crippen LogP contribution in [0.3, 0.4) is 0 Å². The van der Waals surface area contributed by atoms with Crippen molar-refractivity contribution in [2.75, 3.05) is 160 Å². The molecule has 0 atom stereocenters. The molecule has 334 valence electrons. The predicted octanol–water partition coefficient (Wildman–Crippen LogP) is 0.862. The van der Waals surface area contributed by atoms with Crippen LogP contribution in [0.4, 0.5) is 29.3 Å². The molecule has 22 heteroatoms. The lowest BCUT2D eigenvalue weighted by atomic mass is 10.0. The molecule has 4 heterocycles. The fourth-order valence-electron chi connectivity index (χ4n) is 5.92. The minimum Gasteiger partial charge on any atom is -0.424 e. The summed E-state index contributed by atoms with van der Waals surface area (Å²) in [5.74, 6) is 1.58. The predicted molar refractivity (Wildman–Crippen MR) is 225 cm³/mol. The average Bonchev–Trinajstić information content (AvgIpc) is 3.65. The Hall–Kier alpha value is -5.17. The molecule has 0 bridgehead atoms. The summed E-state index contributed by atoms with van der Waals surface area (Å²) in [7, 11) is 0. The molecule has 0 aliphatic carbocycles. The number of oxazole rings is 1. The number of anilines is 5. The highest BCUT2D eigenvalue weighted by Gasteiger charge is 2.23. The summed E-state index contributed by atoms with van der Waals surface area (Å²) in [6.07, 6.45) is 3.04. The van der Waals surface area contributed by atoms with Crippen molar-refractivity contribution in [2.45, 2.75) is 6.42 Å². The van der Waals surface area contributed by atoms with Gasteiger partial charge < -0.3 is 74.6 Å². The summed E-state index contributed by atoms with van der Waals surface area (Å²) in [5, 5.41) is 12.1. The molecule has 61 heavy (non-hydrogen) atoms. The maximum absolute atomic E-state index is 12.9. The van der Waals surface area contributed by atoms with Crippen LogP contribution in [0.15, 0.2) is 41.3 Å². The monoisotopic (exact) mass is 854 g/mol. The molecule has 1 aromatic carbocycles. The van der Waals surface area contributed by atoms with Crippen molar-refractivity contribution in [3.63, 3.8) is 0 Å². The van der Waals surface area contributed by atoms with Crippen molar-refractivity contribution in [1.82, 2.24) is 29.8 Å². The van der Waals surface area contributed by atoms with Crippen LogP contribution >= 0.6 is 0 Å². The van der Waals surface area contributed by atoms with Gasteiger partial charge in [0.15, 0.2) is 5.58 Å². The Morgan fingerprint density at radius 1 is 0.689 bits per heavy atom. The van der Waals surface area contributed by atoms with E-state index in [2.05, 4.69) is 35.1 Å². The highest BCUT2D eigenvalue weighted by atomic mass is 16.6. The minimum atomic E-state index is 0.0303. The Kier molecular flexibility index (Phi) is 20.7. The topological polar surface area (TPSA) is 289 Å². The second kappa shape index (κ2) is 26.9. The molecular weight excluding hydrogens is 797 g/mol. The largest absolute Gasteiger partial charge is 0.424 e. The molecule has 1 aliphatic rings. The van der Waals surface area contributed by atoms with Crippen molar-refractivity contribution in [3.05, 3.63) is 48.0 Å². The van der Waals surface area contributed by atoms with Crippen LogP contribution in [0.1, 0.15) is 17.5 Å². The molecule has 1 aliphatic heterocycles. The second-order valence-corrected chi connectivity index (χ2v) is 13.3. The number of nitrogen functional groups attached to an aromatic ring is 2. The molecule has 0 radical (unpaired) electrons. The minimum absolute atomic E-state index is 0.0303. The van der Waals surface area contributed by atoms with E-state index in [1.807, 2.05) is 4.90 Å². The number of carbonyl (C=O) groups is 1. The van der Waals surface area contributed by atoms with Gasteiger partial charge in [0.25, 0.3) is 6.01 Å². The van der Waals surface area contributed by atoms with Crippen LogP contribution < -0.4 is 27.4 Å². The van der Waals surface area contributed by atoms with Crippen molar-refractivity contribution >= 4 is 52.0 Å². The highest BCUT2D eigenvalue weighted by molar-refractivity contribution is 6.17. The summed E-state index contributed by atoms with van der Waals surface area (Å²) in [5.41, 5.74) is 19.2. The van der Waals surface area contributed by atoms with E-state index in [0.717, 1.165) is 0 Å². The van der Waals surface area contributed by atoms with Crippen molar-refractivity contribution < 1.29 is 47.1 Å². The number of ether oxygens (including phenoxy) is 8. The van der Waals surface area contributed by atoms with E-state index in [0.29, 0.717) is 178 Å². The van der Waals surface area contributed by atoms with Crippen LogP contribution in [0, 0.1) is 5.41 Å². The number of benzene rings is 1. The number of rotatable bonds is 31. The number of piperazine rings is 1. The zero-order valence-corrected chi connectivity index (χ0v) is 34.5. The lowest BCUT2D eigenvalue weighted by molar-refractivity contribution is -0.132. The number of nitrogens with zero attached hydrogens (tertiary/aromatic N) is 7. The Morgan fingerprint density at radius 2 is 1.23 bits per heavy atom. The SMILES string of the molecule is N=C(c1ccc2oc(N)nc2c1)c1c(N)ncnc1Nc1cc(N2CCN(C(=O)CCOCCOCCOCCOCCOCCOCCOCCOCCN)CC2)ncn1. The van der Waals surface area contributed by atoms with Crippen molar-refractivity contribution in [2.24, 2.45) is 5.73 Å². The van der Waals surface area contributed by atoms with Crippen molar-refractivity contribution in [1.29, 1.82) is 5.41 Å². The summed E-state index contributed by atoms with van der Waals surface area (Å²) >= 11 is 0. The number of hydrogen-bond acceptors (Lipinski definition) is 21. The van der Waals surface area contributed by atoms with Crippen LogP contribution in [0.5, 0.6) is 0 Å². The van der Waals surface area contributed by atoms with Gasteiger partial charge in [0.1, 0.15) is 41.4 Å². The summed E-state index contributed by atoms with van der Waals surface area (Å²) in [4.78, 5) is 38.2. The number of aromatic nitrogens is 5. The molecule has 0 unspecified atom stereocenters. The standard InChI is InChI=1S/C39H58N12O10/c40-4-10-54-12-14-56-16-18-58-20-22-60-24-23-59-21-19-57-17-15-55-13-11-53-9-3-34(52)51-7-5-50(6-8-51)33-26-32(44-27-45-33)49-38-35(37(42)46-28-47-38)36(41)29-1-2-31-30(25-29)48-39(43)61-31/h1-2,25-28,41H,3-24,40H2,(H2,43,48)(H3,42,44,45,46,47,49). The molecular formula is C39H58N12O10. The zero-order valence-electron chi connectivity index (χ0n) is 34.5. The van der Waals surface area contributed by atoms with Gasteiger partial charge in [-0.05, 0) is 18.2 Å². The molecule has 5 rings (SSSR count). The Morgan fingerprint density at radius 3 is 1.80 bits per heavy atom. The Balaban J connectivity index is 0.864. The van der Waals surface area contributed by atoms with Crippen LogP contribution in [-0.4, -0.2) is 180 Å². The maximum atomic E-state index is 12.9. The van der Waals surface area contributed by atoms with Crippen LogP contribution in [-0.2, 0) is 42.7 Å². The van der Waals surface area contributed by atoms with Gasteiger partial charge in [-0.2, -0.15) is 4.98 Å². The van der Waals surface area contributed by atoms with E-state index >= 15 is 0 Å².